The number of imide groups is 1. The summed E-state index contributed by atoms with van der Waals surface area (Å²) in [5, 5.41) is 5.59. The molecule has 2 N–H and O–H groups in total. The van der Waals surface area contributed by atoms with Gasteiger partial charge in [0.25, 0.3) is 11.8 Å². The zero-order valence-corrected chi connectivity index (χ0v) is 18.1. The van der Waals surface area contributed by atoms with Crippen molar-refractivity contribution in [1.29, 1.82) is 0 Å². The normalized spacial score (nSPS) is 25.3. The summed E-state index contributed by atoms with van der Waals surface area (Å²) in [6, 6.07) is -0.567. The number of carbonyl (C=O) groups excluding carboxylic acids is 4. The monoisotopic (exact) mass is 409 g/mol. The fourth-order valence-corrected chi connectivity index (χ4v) is 4.18. The fourth-order valence-electron chi connectivity index (χ4n) is 4.18. The van der Waals surface area contributed by atoms with Gasteiger partial charge in [-0.15, -0.1) is 0 Å². The van der Waals surface area contributed by atoms with Gasteiger partial charge in [0.15, 0.2) is 6.61 Å². The van der Waals surface area contributed by atoms with Crippen LogP contribution in [0.1, 0.15) is 72.6 Å². The van der Waals surface area contributed by atoms with Gasteiger partial charge in [0.1, 0.15) is 12.1 Å². The second-order valence-corrected chi connectivity index (χ2v) is 8.89. The predicted molar refractivity (Wildman–Crippen MR) is 108 cm³/mol. The first-order chi connectivity index (χ1) is 13.7. The van der Waals surface area contributed by atoms with E-state index in [1.165, 1.54) is 0 Å². The van der Waals surface area contributed by atoms with E-state index in [2.05, 4.69) is 24.5 Å². The van der Waals surface area contributed by atoms with Gasteiger partial charge < -0.3 is 15.4 Å². The predicted octanol–water partition coefficient (Wildman–Crippen LogP) is 2.36. The molecule has 1 spiro atoms. The molecule has 1 saturated carbocycles. The third-order valence-corrected chi connectivity index (χ3v) is 5.98. The van der Waals surface area contributed by atoms with Crippen LogP contribution in [-0.4, -0.2) is 53.4 Å². The number of hydrogen-bond acceptors (Lipinski definition) is 5. The van der Waals surface area contributed by atoms with Crippen molar-refractivity contribution in [2.24, 2.45) is 11.8 Å². The number of ether oxygens (including phenoxy) is 1. The molecule has 0 aromatic heterocycles. The van der Waals surface area contributed by atoms with Crippen molar-refractivity contribution in [3.8, 4) is 0 Å². The molecule has 1 saturated heterocycles. The number of amides is 4. The van der Waals surface area contributed by atoms with Crippen LogP contribution in [-0.2, 0) is 19.1 Å². The van der Waals surface area contributed by atoms with E-state index in [1.807, 2.05) is 13.8 Å². The highest BCUT2D eigenvalue weighted by Gasteiger charge is 2.55. The molecule has 2 aliphatic rings. The fraction of sp³-hybridized carbons (Fsp3) is 0.810. The van der Waals surface area contributed by atoms with Crippen LogP contribution in [0.3, 0.4) is 0 Å². The number of nitrogens with one attached hydrogen (secondary N) is 2. The number of esters is 1. The molecule has 0 radical (unpaired) electrons. The molecule has 4 amide bonds. The van der Waals surface area contributed by atoms with E-state index < -0.39 is 30.7 Å². The Morgan fingerprint density at radius 3 is 2.62 bits per heavy atom. The molecule has 3 atom stereocenters. The molecular weight excluding hydrogens is 374 g/mol. The molecule has 0 bridgehead atoms. The Morgan fingerprint density at radius 2 is 1.97 bits per heavy atom. The number of hydrogen-bond donors (Lipinski definition) is 2. The maximum atomic E-state index is 12.8. The zero-order chi connectivity index (χ0) is 21.6. The molecule has 0 unspecified atom stereocenters. The van der Waals surface area contributed by atoms with E-state index in [9.17, 15) is 19.2 Å². The molecule has 0 aromatic rings. The van der Waals surface area contributed by atoms with E-state index in [-0.39, 0.29) is 23.8 Å². The second-order valence-electron chi connectivity index (χ2n) is 8.89. The van der Waals surface area contributed by atoms with Crippen LogP contribution in [0.2, 0.25) is 0 Å². The van der Waals surface area contributed by atoms with Crippen LogP contribution in [0.5, 0.6) is 0 Å². The van der Waals surface area contributed by atoms with Gasteiger partial charge >= 0.3 is 12.0 Å². The van der Waals surface area contributed by atoms with Crippen LogP contribution in [0, 0.1) is 11.8 Å². The van der Waals surface area contributed by atoms with Crippen molar-refractivity contribution in [2.75, 3.05) is 13.2 Å². The lowest BCUT2D eigenvalue weighted by molar-refractivity contribution is -0.151. The van der Waals surface area contributed by atoms with Crippen molar-refractivity contribution < 1.29 is 23.9 Å². The third-order valence-electron chi connectivity index (χ3n) is 5.98. The molecule has 164 valence electrons. The van der Waals surface area contributed by atoms with Gasteiger partial charge in [-0.25, -0.2) is 4.79 Å². The Balaban J connectivity index is 1.77. The molecule has 2 rings (SSSR count). The average Bonchev–Trinajstić information content (AvgIpc) is 2.87. The SMILES string of the molecule is CC(C)CCC[C@H](C)NC(=O)COC(=O)CN1C(=O)N[C@@]2(CCCC[C@H]2C)C1=O. The van der Waals surface area contributed by atoms with Crippen LogP contribution in [0.4, 0.5) is 4.79 Å². The molecule has 1 aliphatic carbocycles. The topological polar surface area (TPSA) is 105 Å². The van der Waals surface area contributed by atoms with Gasteiger partial charge in [0, 0.05) is 6.04 Å². The van der Waals surface area contributed by atoms with E-state index in [0.717, 1.165) is 43.4 Å². The number of nitrogens with zero attached hydrogens (tertiary/aromatic N) is 1. The number of carbonyl (C=O) groups is 4. The highest BCUT2D eigenvalue weighted by molar-refractivity contribution is 6.09. The molecule has 8 heteroatoms. The van der Waals surface area contributed by atoms with Crippen LogP contribution in [0.25, 0.3) is 0 Å². The van der Waals surface area contributed by atoms with Crippen LogP contribution >= 0.6 is 0 Å². The van der Waals surface area contributed by atoms with Crippen molar-refractivity contribution in [3.63, 3.8) is 0 Å². The minimum Gasteiger partial charge on any atom is -0.454 e. The Hall–Kier alpha value is -2.12. The second kappa shape index (κ2) is 10.1. The van der Waals surface area contributed by atoms with Crippen LogP contribution < -0.4 is 10.6 Å². The lowest BCUT2D eigenvalue weighted by Gasteiger charge is -2.36. The van der Waals surface area contributed by atoms with E-state index in [0.29, 0.717) is 12.3 Å². The Kier molecular flexibility index (Phi) is 8.05. The highest BCUT2D eigenvalue weighted by atomic mass is 16.5. The average molecular weight is 410 g/mol. The largest absolute Gasteiger partial charge is 0.454 e. The third kappa shape index (κ3) is 5.93. The van der Waals surface area contributed by atoms with Gasteiger partial charge in [-0.1, -0.05) is 46.5 Å². The van der Waals surface area contributed by atoms with E-state index in [4.69, 9.17) is 4.74 Å². The lowest BCUT2D eigenvalue weighted by atomic mass is 9.73. The Labute approximate surface area is 173 Å². The summed E-state index contributed by atoms with van der Waals surface area (Å²) in [6.45, 7) is 7.29. The maximum absolute atomic E-state index is 12.8. The molecular formula is C21H35N3O5. The Bertz CT molecular complexity index is 636. The summed E-state index contributed by atoms with van der Waals surface area (Å²) >= 11 is 0. The van der Waals surface area contributed by atoms with Crippen molar-refractivity contribution in [1.82, 2.24) is 15.5 Å². The maximum Gasteiger partial charge on any atom is 0.326 e. The standard InChI is InChI=1S/C21H35N3O5/c1-14(2)8-7-10-16(4)22-17(25)13-29-18(26)12-24-19(27)21(23-20(24)28)11-6-5-9-15(21)3/h14-16H,5-13H2,1-4H3,(H,22,25)(H,23,28)/t15-,16+,21-/m1/s1. The smallest absolute Gasteiger partial charge is 0.326 e. The summed E-state index contributed by atoms with van der Waals surface area (Å²) in [5.74, 6) is -0.867. The summed E-state index contributed by atoms with van der Waals surface area (Å²) in [7, 11) is 0. The molecule has 2 fully saturated rings. The Morgan fingerprint density at radius 1 is 1.24 bits per heavy atom. The summed E-state index contributed by atoms with van der Waals surface area (Å²) in [6.07, 6.45) is 6.32. The quantitative estimate of drug-likeness (QED) is 0.449. The van der Waals surface area contributed by atoms with E-state index >= 15 is 0 Å². The highest BCUT2D eigenvalue weighted by Crippen LogP contribution is 2.38. The van der Waals surface area contributed by atoms with Crippen molar-refractivity contribution in [3.05, 3.63) is 0 Å². The molecule has 8 nitrogen and oxygen atoms in total. The molecule has 0 aromatic carbocycles. The first-order valence-electron chi connectivity index (χ1n) is 10.7. The minimum atomic E-state index is -0.904. The molecule has 29 heavy (non-hydrogen) atoms. The first kappa shape index (κ1) is 23.2. The summed E-state index contributed by atoms with van der Waals surface area (Å²) in [5.41, 5.74) is -0.904. The van der Waals surface area contributed by atoms with Gasteiger partial charge in [-0.2, -0.15) is 0 Å². The summed E-state index contributed by atoms with van der Waals surface area (Å²) in [4.78, 5) is 50.1. The number of rotatable bonds is 9. The minimum absolute atomic E-state index is 0.00135. The number of urea groups is 1. The van der Waals surface area contributed by atoms with Gasteiger partial charge in [-0.3, -0.25) is 19.3 Å². The first-order valence-corrected chi connectivity index (χ1v) is 10.7. The van der Waals surface area contributed by atoms with Crippen molar-refractivity contribution >= 4 is 23.8 Å². The molecule has 1 heterocycles. The van der Waals surface area contributed by atoms with Gasteiger partial charge in [-0.05, 0) is 38.0 Å². The molecule has 1 aliphatic heterocycles. The lowest BCUT2D eigenvalue weighted by Crippen LogP contribution is -2.54. The van der Waals surface area contributed by atoms with E-state index in [1.54, 1.807) is 0 Å². The van der Waals surface area contributed by atoms with Crippen molar-refractivity contribution in [2.45, 2.75) is 84.2 Å². The summed E-state index contributed by atoms with van der Waals surface area (Å²) < 4.78 is 4.98. The van der Waals surface area contributed by atoms with Gasteiger partial charge in [0.2, 0.25) is 0 Å². The van der Waals surface area contributed by atoms with Crippen LogP contribution in [0.15, 0.2) is 0 Å². The van der Waals surface area contributed by atoms with Gasteiger partial charge in [0.05, 0.1) is 0 Å². The zero-order valence-electron chi connectivity index (χ0n) is 18.1.